The summed E-state index contributed by atoms with van der Waals surface area (Å²) in [6.07, 6.45) is 3.31. The molecule has 1 atom stereocenters. The van der Waals surface area contributed by atoms with Crippen LogP contribution in [0.15, 0.2) is 12.1 Å². The third-order valence-electron chi connectivity index (χ3n) is 3.58. The molecule has 3 N–H and O–H groups in total. The van der Waals surface area contributed by atoms with E-state index < -0.39 is 0 Å². The first kappa shape index (κ1) is 16.3. The van der Waals surface area contributed by atoms with E-state index in [2.05, 4.69) is 5.32 Å². The highest BCUT2D eigenvalue weighted by atomic mass is 35.5. The molecule has 1 aliphatic heterocycles. The van der Waals surface area contributed by atoms with E-state index in [9.17, 15) is 9.59 Å². The zero-order valence-corrected chi connectivity index (χ0v) is 13.4. The van der Waals surface area contributed by atoms with Gasteiger partial charge < -0.3 is 16.0 Å². The summed E-state index contributed by atoms with van der Waals surface area (Å²) in [6, 6.07) is 3.55. The molecule has 0 bridgehead atoms. The summed E-state index contributed by atoms with van der Waals surface area (Å²) in [5.74, 6) is -0.0562. The number of hydrogen-bond acceptors (Lipinski definition) is 4. The molecule has 2 rings (SSSR count). The average molecular weight is 330 g/mol. The van der Waals surface area contributed by atoms with Crippen LogP contribution >= 0.6 is 22.9 Å². The number of nitrogens with one attached hydrogen (secondary N) is 1. The van der Waals surface area contributed by atoms with Crippen LogP contribution in [0, 0.1) is 0 Å². The summed E-state index contributed by atoms with van der Waals surface area (Å²) < 4.78 is 0.614. The van der Waals surface area contributed by atoms with Gasteiger partial charge in [-0.3, -0.25) is 9.59 Å². The van der Waals surface area contributed by atoms with Gasteiger partial charge in [-0.05, 0) is 31.4 Å². The molecule has 1 fully saturated rings. The van der Waals surface area contributed by atoms with E-state index in [0.29, 0.717) is 28.7 Å². The summed E-state index contributed by atoms with van der Waals surface area (Å²) in [5.41, 5.74) is 5.36. The Morgan fingerprint density at radius 3 is 2.90 bits per heavy atom. The molecule has 21 heavy (non-hydrogen) atoms. The van der Waals surface area contributed by atoms with Crippen LogP contribution in [0.2, 0.25) is 4.34 Å². The molecule has 2 heterocycles. The average Bonchev–Trinajstić information content (AvgIpc) is 2.91. The predicted octanol–water partition coefficient (Wildman–Crippen LogP) is 1.86. The second kappa shape index (κ2) is 7.77. The van der Waals surface area contributed by atoms with E-state index in [4.69, 9.17) is 17.3 Å². The van der Waals surface area contributed by atoms with Gasteiger partial charge in [0.25, 0.3) is 5.91 Å². The van der Waals surface area contributed by atoms with Crippen molar-refractivity contribution in [2.24, 2.45) is 5.73 Å². The SMILES string of the molecule is NCCC(=O)NCC1CCCCN1C(=O)c1ccc(Cl)s1. The molecule has 1 unspecified atom stereocenters. The van der Waals surface area contributed by atoms with E-state index in [-0.39, 0.29) is 17.9 Å². The molecule has 2 amide bonds. The van der Waals surface area contributed by atoms with E-state index in [1.807, 2.05) is 4.90 Å². The molecule has 1 aliphatic rings. The largest absolute Gasteiger partial charge is 0.354 e. The maximum Gasteiger partial charge on any atom is 0.264 e. The maximum absolute atomic E-state index is 12.5. The summed E-state index contributed by atoms with van der Waals surface area (Å²) >= 11 is 7.19. The number of halogens is 1. The highest BCUT2D eigenvalue weighted by Gasteiger charge is 2.28. The molecule has 1 aromatic rings. The van der Waals surface area contributed by atoms with Crippen molar-refractivity contribution < 1.29 is 9.59 Å². The monoisotopic (exact) mass is 329 g/mol. The number of thiophene rings is 1. The lowest BCUT2D eigenvalue weighted by atomic mass is 10.0. The lowest BCUT2D eigenvalue weighted by molar-refractivity contribution is -0.121. The maximum atomic E-state index is 12.5. The van der Waals surface area contributed by atoms with Gasteiger partial charge in [0.05, 0.1) is 9.21 Å². The Bertz CT molecular complexity index is 506. The third-order valence-corrected chi connectivity index (χ3v) is 4.80. The Morgan fingerprint density at radius 1 is 1.43 bits per heavy atom. The van der Waals surface area contributed by atoms with E-state index in [1.165, 1.54) is 11.3 Å². The number of hydrogen-bond donors (Lipinski definition) is 2. The molecule has 1 saturated heterocycles. The predicted molar refractivity (Wildman–Crippen MR) is 84.7 cm³/mol. The summed E-state index contributed by atoms with van der Waals surface area (Å²) in [4.78, 5) is 26.6. The van der Waals surface area contributed by atoms with Gasteiger partial charge in [-0.2, -0.15) is 0 Å². The fraction of sp³-hybridized carbons (Fsp3) is 0.571. The Hall–Kier alpha value is -1.11. The first-order chi connectivity index (χ1) is 10.1. The summed E-state index contributed by atoms with van der Waals surface area (Å²) in [7, 11) is 0. The normalized spacial score (nSPS) is 18.6. The van der Waals surface area contributed by atoms with Crippen LogP contribution in [0.1, 0.15) is 35.4 Å². The fourth-order valence-electron chi connectivity index (χ4n) is 2.50. The third kappa shape index (κ3) is 4.43. The molecular formula is C14H20ClN3O2S. The number of amides is 2. The van der Waals surface area contributed by atoms with Crippen LogP contribution in [-0.2, 0) is 4.79 Å². The summed E-state index contributed by atoms with van der Waals surface area (Å²) in [5, 5.41) is 2.86. The lowest BCUT2D eigenvalue weighted by Gasteiger charge is -2.35. The van der Waals surface area contributed by atoms with Gasteiger partial charge in [-0.15, -0.1) is 11.3 Å². The molecule has 0 spiro atoms. The minimum absolute atomic E-state index is 0.00433. The van der Waals surface area contributed by atoms with E-state index in [0.717, 1.165) is 25.8 Å². The van der Waals surface area contributed by atoms with Gasteiger partial charge in [0.15, 0.2) is 0 Å². The second-order valence-electron chi connectivity index (χ2n) is 5.09. The van der Waals surface area contributed by atoms with Gasteiger partial charge in [-0.25, -0.2) is 0 Å². The van der Waals surface area contributed by atoms with Crippen LogP contribution in [0.3, 0.4) is 0 Å². The first-order valence-electron chi connectivity index (χ1n) is 7.15. The second-order valence-corrected chi connectivity index (χ2v) is 6.81. The molecule has 116 valence electrons. The van der Waals surface area contributed by atoms with Crippen LogP contribution < -0.4 is 11.1 Å². The number of carbonyl (C=O) groups is 2. The number of likely N-dealkylation sites (tertiary alicyclic amines) is 1. The summed E-state index contributed by atoms with van der Waals surface area (Å²) in [6.45, 7) is 1.56. The quantitative estimate of drug-likeness (QED) is 0.865. The highest BCUT2D eigenvalue weighted by molar-refractivity contribution is 7.17. The van der Waals surface area contributed by atoms with Gasteiger partial charge in [0, 0.05) is 32.1 Å². The Morgan fingerprint density at radius 2 is 2.24 bits per heavy atom. The number of carbonyl (C=O) groups excluding carboxylic acids is 2. The van der Waals surface area contributed by atoms with Crippen molar-refractivity contribution in [2.45, 2.75) is 31.7 Å². The van der Waals surface area contributed by atoms with Gasteiger partial charge in [-0.1, -0.05) is 11.6 Å². The Balaban J connectivity index is 1.98. The number of nitrogens with two attached hydrogens (primary N) is 1. The molecule has 0 saturated carbocycles. The van der Waals surface area contributed by atoms with Crippen LogP contribution in [0.25, 0.3) is 0 Å². The van der Waals surface area contributed by atoms with Crippen molar-refractivity contribution in [1.82, 2.24) is 10.2 Å². The van der Waals surface area contributed by atoms with Gasteiger partial charge >= 0.3 is 0 Å². The van der Waals surface area contributed by atoms with Crippen LogP contribution in [0.5, 0.6) is 0 Å². The minimum atomic E-state index is -0.0605. The minimum Gasteiger partial charge on any atom is -0.354 e. The van der Waals surface area contributed by atoms with Gasteiger partial charge in [0.1, 0.15) is 0 Å². The zero-order valence-electron chi connectivity index (χ0n) is 11.8. The Labute approximate surface area is 133 Å². The van der Waals surface area contributed by atoms with Crippen molar-refractivity contribution in [2.75, 3.05) is 19.6 Å². The van der Waals surface area contributed by atoms with Gasteiger partial charge in [0.2, 0.25) is 5.91 Å². The van der Waals surface area contributed by atoms with Crippen LogP contribution in [0.4, 0.5) is 0 Å². The van der Waals surface area contributed by atoms with Crippen molar-refractivity contribution in [1.29, 1.82) is 0 Å². The standard InChI is InChI=1S/C14H20ClN3O2S/c15-12-5-4-11(21-12)14(20)18-8-2-1-3-10(18)9-17-13(19)6-7-16/h4-5,10H,1-3,6-9,16H2,(H,17,19). The fourth-order valence-corrected chi connectivity index (χ4v) is 3.50. The van der Waals surface area contributed by atoms with E-state index in [1.54, 1.807) is 12.1 Å². The molecule has 7 heteroatoms. The zero-order chi connectivity index (χ0) is 15.2. The highest BCUT2D eigenvalue weighted by Crippen LogP contribution is 2.25. The van der Waals surface area contributed by atoms with Crippen molar-refractivity contribution >= 4 is 34.8 Å². The molecule has 0 aromatic carbocycles. The van der Waals surface area contributed by atoms with Crippen molar-refractivity contribution in [3.8, 4) is 0 Å². The lowest BCUT2D eigenvalue weighted by Crippen LogP contribution is -2.49. The topological polar surface area (TPSA) is 75.4 Å². The molecule has 1 aromatic heterocycles. The molecular weight excluding hydrogens is 310 g/mol. The van der Waals surface area contributed by atoms with E-state index >= 15 is 0 Å². The van der Waals surface area contributed by atoms with Crippen LogP contribution in [-0.4, -0.2) is 42.4 Å². The molecule has 5 nitrogen and oxygen atoms in total. The smallest absolute Gasteiger partial charge is 0.264 e. The molecule has 0 radical (unpaired) electrons. The van der Waals surface area contributed by atoms with Crippen molar-refractivity contribution in [3.05, 3.63) is 21.3 Å². The number of rotatable bonds is 5. The Kier molecular flexibility index (Phi) is 6.02. The van der Waals surface area contributed by atoms with Crippen molar-refractivity contribution in [3.63, 3.8) is 0 Å². The number of piperidine rings is 1. The number of nitrogens with zero attached hydrogens (tertiary/aromatic N) is 1. The first-order valence-corrected chi connectivity index (χ1v) is 8.34. The molecule has 0 aliphatic carbocycles.